The molecule has 2 N–H and O–H groups in total. The van der Waals surface area contributed by atoms with Gasteiger partial charge in [-0.3, -0.25) is 4.79 Å². The van der Waals surface area contributed by atoms with Crippen molar-refractivity contribution in [3.8, 4) is 6.07 Å². The van der Waals surface area contributed by atoms with E-state index < -0.39 is 5.91 Å². The summed E-state index contributed by atoms with van der Waals surface area (Å²) in [5.74, 6) is -0.750. The van der Waals surface area contributed by atoms with E-state index >= 15 is 0 Å². The number of nitriles is 1. The molecule has 0 saturated carbocycles. The maximum absolute atomic E-state index is 13.1. The van der Waals surface area contributed by atoms with Crippen LogP contribution in [-0.4, -0.2) is 12.5 Å². The van der Waals surface area contributed by atoms with Crippen molar-refractivity contribution in [3.63, 3.8) is 0 Å². The number of nitrogens with zero attached hydrogens (tertiary/aromatic N) is 1. The summed E-state index contributed by atoms with van der Waals surface area (Å²) in [5, 5.41) is 14.7. The molecule has 5 heteroatoms. The number of hydrogen-bond acceptors (Lipinski definition) is 3. The molecule has 0 spiro atoms. The van der Waals surface area contributed by atoms with Gasteiger partial charge < -0.3 is 10.6 Å². The predicted molar refractivity (Wildman–Crippen MR) is 91.6 cm³/mol. The van der Waals surface area contributed by atoms with Gasteiger partial charge in [0.25, 0.3) is 5.91 Å². The third-order valence-corrected chi connectivity index (χ3v) is 3.33. The van der Waals surface area contributed by atoms with E-state index in [0.29, 0.717) is 18.7 Å². The molecule has 2 aromatic rings. The van der Waals surface area contributed by atoms with Crippen LogP contribution in [0.15, 0.2) is 60.3 Å². The summed E-state index contributed by atoms with van der Waals surface area (Å²) in [6, 6.07) is 15.5. The number of benzene rings is 2. The monoisotopic (exact) mass is 323 g/mol. The van der Waals surface area contributed by atoms with Crippen LogP contribution in [-0.2, 0) is 11.2 Å². The lowest BCUT2D eigenvalue weighted by molar-refractivity contribution is -0.112. The van der Waals surface area contributed by atoms with E-state index in [1.165, 1.54) is 18.3 Å². The highest BCUT2D eigenvalue weighted by atomic mass is 19.1. The molecule has 122 valence electrons. The SMILES string of the molecule is Cc1cccc(NC(=O)/C(C#N)=C\NCCc2cccc(F)c2)c1. The smallest absolute Gasteiger partial charge is 0.267 e. The first-order chi connectivity index (χ1) is 11.6. The Hall–Kier alpha value is -3.13. The minimum Gasteiger partial charge on any atom is -0.389 e. The van der Waals surface area contributed by atoms with Gasteiger partial charge in [-0.2, -0.15) is 5.26 Å². The molecule has 0 saturated heterocycles. The topological polar surface area (TPSA) is 64.9 Å². The van der Waals surface area contributed by atoms with Gasteiger partial charge in [0.05, 0.1) is 0 Å². The predicted octanol–water partition coefficient (Wildman–Crippen LogP) is 3.31. The summed E-state index contributed by atoms with van der Waals surface area (Å²) in [4.78, 5) is 12.1. The highest BCUT2D eigenvalue weighted by Gasteiger charge is 2.09. The quantitative estimate of drug-likeness (QED) is 0.487. The number of nitrogens with one attached hydrogen (secondary N) is 2. The minimum atomic E-state index is -0.471. The van der Waals surface area contributed by atoms with Crippen LogP contribution in [0.25, 0.3) is 0 Å². The van der Waals surface area contributed by atoms with Crippen LogP contribution in [0.5, 0.6) is 0 Å². The normalized spacial score (nSPS) is 10.8. The summed E-state index contributed by atoms with van der Waals surface area (Å²) in [5.41, 5.74) is 2.48. The standard InChI is InChI=1S/C19H18FN3O/c1-14-4-2-7-18(10-14)23-19(24)16(12-21)13-22-9-8-15-5-3-6-17(20)11-15/h2-7,10-11,13,22H,8-9H2,1H3,(H,23,24)/b16-13-. The number of carbonyl (C=O) groups is 1. The third-order valence-electron chi connectivity index (χ3n) is 3.33. The Morgan fingerprint density at radius 2 is 2.04 bits per heavy atom. The van der Waals surface area contributed by atoms with Gasteiger partial charge in [0, 0.05) is 18.4 Å². The molecule has 1 amide bonds. The summed E-state index contributed by atoms with van der Waals surface area (Å²) in [6.45, 7) is 2.41. The van der Waals surface area contributed by atoms with Crippen molar-refractivity contribution in [1.29, 1.82) is 5.26 Å². The van der Waals surface area contributed by atoms with Crippen molar-refractivity contribution in [2.75, 3.05) is 11.9 Å². The fraction of sp³-hybridized carbons (Fsp3) is 0.158. The highest BCUT2D eigenvalue weighted by molar-refractivity contribution is 6.06. The van der Waals surface area contributed by atoms with Crippen LogP contribution in [0.2, 0.25) is 0 Å². The first kappa shape index (κ1) is 17.2. The lowest BCUT2D eigenvalue weighted by atomic mass is 10.1. The maximum atomic E-state index is 13.1. The Kier molecular flexibility index (Phi) is 6.09. The van der Waals surface area contributed by atoms with Gasteiger partial charge in [0.2, 0.25) is 0 Å². The summed E-state index contributed by atoms with van der Waals surface area (Å²) in [7, 11) is 0. The fourth-order valence-corrected chi connectivity index (χ4v) is 2.15. The molecule has 0 bridgehead atoms. The van der Waals surface area contributed by atoms with E-state index in [0.717, 1.165) is 11.1 Å². The zero-order valence-corrected chi connectivity index (χ0v) is 13.3. The second kappa shape index (κ2) is 8.49. The third kappa shape index (κ3) is 5.25. The molecule has 0 fully saturated rings. The average molecular weight is 323 g/mol. The molecule has 0 radical (unpaired) electrons. The molecule has 4 nitrogen and oxygen atoms in total. The van der Waals surface area contributed by atoms with E-state index in [9.17, 15) is 9.18 Å². The van der Waals surface area contributed by atoms with Crippen molar-refractivity contribution in [2.45, 2.75) is 13.3 Å². The van der Waals surface area contributed by atoms with Crippen molar-refractivity contribution >= 4 is 11.6 Å². The summed E-state index contributed by atoms with van der Waals surface area (Å²) < 4.78 is 13.1. The van der Waals surface area contributed by atoms with Crippen LogP contribution >= 0.6 is 0 Å². The van der Waals surface area contributed by atoms with Gasteiger partial charge >= 0.3 is 0 Å². The number of anilines is 1. The number of hydrogen-bond donors (Lipinski definition) is 2. The summed E-state index contributed by atoms with van der Waals surface area (Å²) in [6.07, 6.45) is 1.97. The van der Waals surface area contributed by atoms with E-state index in [2.05, 4.69) is 10.6 Å². The first-order valence-corrected chi connectivity index (χ1v) is 7.54. The Bertz CT molecular complexity index is 793. The molecule has 0 aliphatic carbocycles. The van der Waals surface area contributed by atoms with Crippen LogP contribution < -0.4 is 10.6 Å². The summed E-state index contributed by atoms with van der Waals surface area (Å²) >= 11 is 0. The van der Waals surface area contributed by atoms with Crippen molar-refractivity contribution < 1.29 is 9.18 Å². The Balaban J connectivity index is 1.89. The molecule has 0 aromatic heterocycles. The molecule has 0 atom stereocenters. The molecule has 2 rings (SSSR count). The van der Waals surface area contributed by atoms with E-state index in [1.807, 2.05) is 37.3 Å². The van der Waals surface area contributed by atoms with Gasteiger partial charge in [-0.15, -0.1) is 0 Å². The van der Waals surface area contributed by atoms with Gasteiger partial charge in [0.15, 0.2) is 0 Å². The Morgan fingerprint density at radius 1 is 1.25 bits per heavy atom. The molecule has 0 heterocycles. The minimum absolute atomic E-state index is 0.0178. The number of rotatable bonds is 6. The molecular weight excluding hydrogens is 305 g/mol. The second-order valence-corrected chi connectivity index (χ2v) is 5.33. The zero-order chi connectivity index (χ0) is 17.4. The number of halogens is 1. The fourth-order valence-electron chi connectivity index (χ4n) is 2.15. The van der Waals surface area contributed by atoms with Gasteiger partial charge in [-0.1, -0.05) is 24.3 Å². The zero-order valence-electron chi connectivity index (χ0n) is 13.3. The van der Waals surface area contributed by atoms with Crippen LogP contribution in [0, 0.1) is 24.1 Å². The number of aryl methyl sites for hydroxylation is 1. The molecular formula is C19H18FN3O. The van der Waals surface area contributed by atoms with Crippen molar-refractivity contribution in [3.05, 3.63) is 77.2 Å². The second-order valence-electron chi connectivity index (χ2n) is 5.33. The Labute approximate surface area is 140 Å². The maximum Gasteiger partial charge on any atom is 0.267 e. The molecule has 0 unspecified atom stereocenters. The largest absolute Gasteiger partial charge is 0.389 e. The lowest BCUT2D eigenvalue weighted by Crippen LogP contribution is -2.18. The highest BCUT2D eigenvalue weighted by Crippen LogP contribution is 2.10. The van der Waals surface area contributed by atoms with E-state index in [-0.39, 0.29) is 11.4 Å². The van der Waals surface area contributed by atoms with Gasteiger partial charge in [-0.05, 0) is 48.7 Å². The molecule has 0 aliphatic rings. The number of amides is 1. The molecule has 2 aromatic carbocycles. The average Bonchev–Trinajstić information content (AvgIpc) is 2.55. The van der Waals surface area contributed by atoms with E-state index in [4.69, 9.17) is 5.26 Å². The van der Waals surface area contributed by atoms with Crippen LogP contribution in [0.3, 0.4) is 0 Å². The number of carbonyl (C=O) groups excluding carboxylic acids is 1. The molecule has 24 heavy (non-hydrogen) atoms. The Morgan fingerprint density at radius 3 is 2.75 bits per heavy atom. The van der Waals surface area contributed by atoms with Crippen molar-refractivity contribution in [1.82, 2.24) is 5.32 Å². The lowest BCUT2D eigenvalue weighted by Gasteiger charge is -2.06. The van der Waals surface area contributed by atoms with Crippen LogP contribution in [0.4, 0.5) is 10.1 Å². The van der Waals surface area contributed by atoms with Crippen molar-refractivity contribution in [2.24, 2.45) is 0 Å². The molecule has 0 aliphatic heterocycles. The van der Waals surface area contributed by atoms with E-state index in [1.54, 1.807) is 12.1 Å². The van der Waals surface area contributed by atoms with Gasteiger partial charge in [-0.25, -0.2) is 4.39 Å². The van der Waals surface area contributed by atoms with Crippen LogP contribution in [0.1, 0.15) is 11.1 Å². The first-order valence-electron chi connectivity index (χ1n) is 7.54. The van der Waals surface area contributed by atoms with Gasteiger partial charge in [0.1, 0.15) is 17.5 Å².